The summed E-state index contributed by atoms with van der Waals surface area (Å²) in [6.45, 7) is 4.83. The molecular weight excluding hydrogens is 500 g/mol. The lowest BCUT2D eigenvalue weighted by molar-refractivity contribution is 0.204. The fourth-order valence-electron chi connectivity index (χ4n) is 5.09. The summed E-state index contributed by atoms with van der Waals surface area (Å²) in [6, 6.07) is 10.4. The Bertz CT molecular complexity index is 1440. The molecule has 3 heterocycles. The lowest BCUT2D eigenvalue weighted by atomic mass is 9.99. The summed E-state index contributed by atoms with van der Waals surface area (Å²) in [5.74, 6) is 0.191. The fourth-order valence-corrected chi connectivity index (χ4v) is 5.64. The number of nitrogens with one attached hydrogen (secondary N) is 1. The molecule has 0 aliphatic carbocycles. The van der Waals surface area contributed by atoms with Crippen molar-refractivity contribution in [3.8, 4) is 23.1 Å². The average Bonchev–Trinajstić information content (AvgIpc) is 2.90. The van der Waals surface area contributed by atoms with Crippen LogP contribution in [0.4, 0.5) is 11.4 Å². The lowest BCUT2D eigenvalue weighted by Gasteiger charge is -2.41. The molecule has 0 amide bonds. The van der Waals surface area contributed by atoms with E-state index < -0.39 is 10.0 Å². The number of anilines is 2. The maximum Gasteiger partial charge on any atom is 0.238 e. The predicted molar refractivity (Wildman–Crippen MR) is 152 cm³/mol. The maximum absolute atomic E-state index is 11.9. The number of hydrogen-bond donors (Lipinski definition) is 1. The third kappa shape index (κ3) is 6.34. The van der Waals surface area contributed by atoms with E-state index in [9.17, 15) is 13.7 Å². The Morgan fingerprint density at radius 3 is 2.66 bits per heavy atom. The molecule has 1 atom stereocenters. The maximum atomic E-state index is 11.9. The first-order chi connectivity index (χ1) is 18.2. The number of hydrogen-bond acceptors (Lipinski definition) is 8. The first kappa shape index (κ1) is 27.6. The molecule has 3 aromatic rings. The molecule has 10 heteroatoms. The number of aromatic nitrogens is 2. The molecular formula is C28H36N6O3S. The van der Waals surface area contributed by atoms with Crippen molar-refractivity contribution in [1.29, 1.82) is 5.26 Å². The van der Waals surface area contributed by atoms with E-state index in [0.717, 1.165) is 60.0 Å². The van der Waals surface area contributed by atoms with Gasteiger partial charge in [-0.3, -0.25) is 14.6 Å². The molecule has 1 aliphatic rings. The predicted octanol–water partition coefficient (Wildman–Crippen LogP) is 4.64. The lowest BCUT2D eigenvalue weighted by Crippen LogP contribution is -2.51. The highest BCUT2D eigenvalue weighted by atomic mass is 32.2. The summed E-state index contributed by atoms with van der Waals surface area (Å²) < 4.78 is 31.5. The number of nitrogens with zero attached hydrogens (tertiary/aromatic N) is 5. The molecule has 0 spiro atoms. The van der Waals surface area contributed by atoms with Crippen molar-refractivity contribution < 1.29 is 13.2 Å². The number of rotatable bonds is 10. The minimum absolute atomic E-state index is 0.191. The number of sulfonamides is 1. The van der Waals surface area contributed by atoms with Gasteiger partial charge in [0.2, 0.25) is 15.9 Å². The molecule has 38 heavy (non-hydrogen) atoms. The summed E-state index contributed by atoms with van der Waals surface area (Å²) in [6.07, 6.45) is 10.5. The van der Waals surface area contributed by atoms with Crippen molar-refractivity contribution in [2.45, 2.75) is 45.1 Å². The Morgan fingerprint density at radius 2 is 1.95 bits per heavy atom. The fraction of sp³-hybridized carbons (Fsp3) is 0.464. The smallest absolute Gasteiger partial charge is 0.238 e. The van der Waals surface area contributed by atoms with E-state index in [-0.39, 0.29) is 11.6 Å². The average molecular weight is 537 g/mol. The van der Waals surface area contributed by atoms with Crippen LogP contribution in [0, 0.1) is 11.3 Å². The summed E-state index contributed by atoms with van der Waals surface area (Å²) >= 11 is 0. The van der Waals surface area contributed by atoms with Crippen molar-refractivity contribution in [1.82, 2.24) is 14.9 Å². The monoisotopic (exact) mass is 536 g/mol. The molecule has 9 nitrogen and oxygen atoms in total. The van der Waals surface area contributed by atoms with Crippen LogP contribution in [0.25, 0.3) is 22.0 Å². The quantitative estimate of drug-likeness (QED) is 0.373. The molecule has 4 rings (SSSR count). The van der Waals surface area contributed by atoms with Gasteiger partial charge in [0.25, 0.3) is 0 Å². The van der Waals surface area contributed by atoms with Crippen LogP contribution in [0.2, 0.25) is 0 Å². The van der Waals surface area contributed by atoms with Gasteiger partial charge in [-0.1, -0.05) is 38.7 Å². The summed E-state index contributed by atoms with van der Waals surface area (Å²) in [5, 5.41) is 10.9. The summed E-state index contributed by atoms with van der Waals surface area (Å²) in [7, 11) is 0.113. The van der Waals surface area contributed by atoms with Gasteiger partial charge in [0.1, 0.15) is 11.8 Å². The Morgan fingerprint density at radius 1 is 1.13 bits per heavy atom. The molecule has 0 saturated carbocycles. The minimum Gasteiger partial charge on any atom is -0.480 e. The molecule has 2 aromatic heterocycles. The first-order valence-electron chi connectivity index (χ1n) is 13.0. The molecule has 1 N–H and O–H groups in total. The topological polar surface area (TPSA) is 111 Å². The number of unbranched alkanes of at least 4 members (excludes halogenated alkanes) is 3. The zero-order valence-corrected chi connectivity index (χ0v) is 23.4. The van der Waals surface area contributed by atoms with Crippen LogP contribution < -0.4 is 14.4 Å². The number of likely N-dealkylation sites (N-methyl/N-ethyl adjacent to an activating group) is 1. The number of fused-ring (bicyclic) bond motifs is 1. The third-order valence-electron chi connectivity index (χ3n) is 7.12. The Labute approximate surface area is 225 Å². The van der Waals surface area contributed by atoms with Crippen molar-refractivity contribution in [2.24, 2.45) is 0 Å². The zero-order chi connectivity index (χ0) is 27.3. The van der Waals surface area contributed by atoms with E-state index >= 15 is 0 Å². The summed E-state index contributed by atoms with van der Waals surface area (Å²) in [4.78, 5) is 13.6. The van der Waals surface area contributed by atoms with E-state index in [2.05, 4.69) is 44.5 Å². The van der Waals surface area contributed by atoms with Crippen LogP contribution >= 0.6 is 0 Å². The molecule has 1 aliphatic heterocycles. The minimum atomic E-state index is -3.52. The van der Waals surface area contributed by atoms with Crippen molar-refractivity contribution in [2.75, 3.05) is 49.7 Å². The first-order valence-corrected chi connectivity index (χ1v) is 14.9. The van der Waals surface area contributed by atoms with Crippen LogP contribution in [0.15, 0.2) is 36.7 Å². The van der Waals surface area contributed by atoms with Gasteiger partial charge in [0.15, 0.2) is 0 Å². The number of nitriles is 1. The van der Waals surface area contributed by atoms with Crippen LogP contribution in [0.1, 0.15) is 44.6 Å². The van der Waals surface area contributed by atoms with E-state index in [4.69, 9.17) is 4.74 Å². The molecule has 1 unspecified atom stereocenters. The normalized spacial score (nSPS) is 16.4. The van der Waals surface area contributed by atoms with Crippen molar-refractivity contribution >= 4 is 32.3 Å². The number of benzene rings is 1. The van der Waals surface area contributed by atoms with Crippen LogP contribution in [0.3, 0.4) is 0 Å². The highest BCUT2D eigenvalue weighted by molar-refractivity contribution is 7.92. The van der Waals surface area contributed by atoms with E-state index in [1.165, 1.54) is 32.8 Å². The van der Waals surface area contributed by atoms with Gasteiger partial charge in [0, 0.05) is 49.0 Å². The van der Waals surface area contributed by atoms with Crippen molar-refractivity contribution in [3.05, 3.63) is 42.2 Å². The third-order valence-corrected chi connectivity index (χ3v) is 7.71. The molecule has 0 radical (unpaired) electrons. The Hall–Kier alpha value is -3.42. The molecule has 1 fully saturated rings. The Balaban J connectivity index is 1.73. The van der Waals surface area contributed by atoms with E-state index in [1.807, 2.05) is 18.2 Å². The molecule has 202 valence electrons. The second-order valence-corrected chi connectivity index (χ2v) is 11.7. The SMILES string of the molecule is CCCCCCC1CN(c2c(C#N)cnc3ccc(-c4cnc(OC)c(NS(C)(=O)=O)c4)cc23)CCN1C. The number of pyridine rings is 2. The van der Waals surface area contributed by atoms with E-state index in [0.29, 0.717) is 11.6 Å². The van der Waals surface area contributed by atoms with Crippen LogP contribution in [-0.2, 0) is 10.0 Å². The van der Waals surface area contributed by atoms with Gasteiger partial charge >= 0.3 is 0 Å². The van der Waals surface area contributed by atoms with Crippen molar-refractivity contribution in [3.63, 3.8) is 0 Å². The van der Waals surface area contributed by atoms with Gasteiger partial charge in [-0.2, -0.15) is 5.26 Å². The molecule has 1 aromatic carbocycles. The number of piperazine rings is 1. The zero-order valence-electron chi connectivity index (χ0n) is 22.6. The van der Waals surface area contributed by atoms with E-state index in [1.54, 1.807) is 18.5 Å². The van der Waals surface area contributed by atoms with Crippen LogP contribution in [0.5, 0.6) is 5.88 Å². The standard InChI is InChI=1S/C28H36N6O3S/c1-5-6-7-8-9-23-19-34(13-12-33(23)2)27-22(16-29)18-30-25-11-10-20(14-24(25)27)21-15-26(32-38(4,35)36)28(37-3)31-17-21/h10-11,14-15,17-18,23,32H,5-9,12-13,19H2,1-4H3. The number of ether oxygens (including phenoxy) is 1. The van der Waals surface area contributed by atoms with Gasteiger partial charge in [-0.15, -0.1) is 0 Å². The van der Waals surface area contributed by atoms with Gasteiger partial charge in [-0.25, -0.2) is 13.4 Å². The second-order valence-electron chi connectivity index (χ2n) is 9.95. The van der Waals surface area contributed by atoms with Gasteiger partial charge < -0.3 is 9.64 Å². The molecule has 0 bridgehead atoms. The summed E-state index contributed by atoms with van der Waals surface area (Å²) in [5.41, 5.74) is 4.09. The Kier molecular flexibility index (Phi) is 8.69. The highest BCUT2D eigenvalue weighted by Crippen LogP contribution is 2.36. The van der Waals surface area contributed by atoms with Gasteiger partial charge in [0.05, 0.1) is 30.1 Å². The highest BCUT2D eigenvalue weighted by Gasteiger charge is 2.27. The molecule has 1 saturated heterocycles. The second kappa shape index (κ2) is 12.0. The number of methoxy groups -OCH3 is 1. The van der Waals surface area contributed by atoms with Crippen LogP contribution in [-0.4, -0.2) is 69.4 Å². The largest absolute Gasteiger partial charge is 0.480 e. The van der Waals surface area contributed by atoms with Gasteiger partial charge in [-0.05, 0) is 37.2 Å².